The van der Waals surface area contributed by atoms with E-state index in [1.54, 1.807) is 0 Å². The van der Waals surface area contributed by atoms with E-state index in [2.05, 4.69) is 38.3 Å². The van der Waals surface area contributed by atoms with E-state index in [-0.39, 0.29) is 24.3 Å². The number of alkyl carbamates (subject to hydrolysis) is 1. The number of rotatable bonds is 5. The van der Waals surface area contributed by atoms with Gasteiger partial charge in [0, 0.05) is 18.6 Å². The molecule has 0 aliphatic carbocycles. The monoisotopic (exact) mass is 314 g/mol. The van der Waals surface area contributed by atoms with Gasteiger partial charge in [0.15, 0.2) is 0 Å². The minimum atomic E-state index is -0.468. The smallest absolute Gasteiger partial charge is 0.407 e. The Hall–Kier alpha value is -0.810. The normalized spacial score (nSPS) is 27.5. The van der Waals surface area contributed by atoms with Crippen molar-refractivity contribution in [2.24, 2.45) is 5.92 Å². The van der Waals surface area contributed by atoms with E-state index in [4.69, 9.17) is 9.47 Å². The minimum Gasteiger partial charge on any atom is -0.444 e. The van der Waals surface area contributed by atoms with Crippen LogP contribution in [0.4, 0.5) is 4.79 Å². The predicted molar refractivity (Wildman–Crippen MR) is 89.0 cm³/mol. The zero-order valence-corrected chi connectivity index (χ0v) is 15.2. The molecule has 1 heterocycles. The number of hydrogen-bond acceptors (Lipinski definition) is 4. The summed E-state index contributed by atoms with van der Waals surface area (Å²) in [5.41, 5.74) is -0.468. The van der Waals surface area contributed by atoms with Crippen LogP contribution in [0.1, 0.15) is 61.3 Å². The molecule has 0 spiro atoms. The lowest BCUT2D eigenvalue weighted by Gasteiger charge is -2.34. The highest BCUT2D eigenvalue weighted by atomic mass is 16.6. The first-order chi connectivity index (χ1) is 10.1. The van der Waals surface area contributed by atoms with Crippen LogP contribution in [0.15, 0.2) is 0 Å². The highest BCUT2D eigenvalue weighted by Gasteiger charge is 2.26. The van der Waals surface area contributed by atoms with E-state index >= 15 is 0 Å². The molecular weight excluding hydrogens is 280 g/mol. The van der Waals surface area contributed by atoms with Gasteiger partial charge < -0.3 is 20.1 Å². The van der Waals surface area contributed by atoms with E-state index in [0.717, 1.165) is 19.4 Å². The van der Waals surface area contributed by atoms with Crippen molar-refractivity contribution in [1.29, 1.82) is 0 Å². The third kappa shape index (κ3) is 7.45. The van der Waals surface area contributed by atoms with Crippen molar-refractivity contribution in [2.75, 3.05) is 6.54 Å². The molecule has 3 unspecified atom stereocenters. The maximum atomic E-state index is 11.9. The number of amides is 1. The molecule has 1 aliphatic rings. The Bertz CT molecular complexity index is 342. The minimum absolute atomic E-state index is 0.0586. The van der Waals surface area contributed by atoms with Gasteiger partial charge in [-0.3, -0.25) is 0 Å². The van der Waals surface area contributed by atoms with Crippen LogP contribution >= 0.6 is 0 Å². The van der Waals surface area contributed by atoms with Crippen LogP contribution in [0.3, 0.4) is 0 Å². The van der Waals surface area contributed by atoms with Gasteiger partial charge in [-0.25, -0.2) is 4.79 Å². The molecule has 1 aliphatic heterocycles. The van der Waals surface area contributed by atoms with Crippen LogP contribution in [0.5, 0.6) is 0 Å². The summed E-state index contributed by atoms with van der Waals surface area (Å²) in [4.78, 5) is 11.9. The van der Waals surface area contributed by atoms with Gasteiger partial charge in [0.25, 0.3) is 0 Å². The second-order valence-electron chi connectivity index (χ2n) is 7.83. The fourth-order valence-corrected chi connectivity index (χ4v) is 2.78. The topological polar surface area (TPSA) is 59.6 Å². The summed E-state index contributed by atoms with van der Waals surface area (Å²) in [6, 6.07) is 0.503. The highest BCUT2D eigenvalue weighted by Crippen LogP contribution is 2.19. The van der Waals surface area contributed by atoms with E-state index in [1.807, 2.05) is 20.8 Å². The second kappa shape index (κ2) is 8.16. The number of carbonyl (C=O) groups is 1. The van der Waals surface area contributed by atoms with Crippen molar-refractivity contribution in [3.63, 3.8) is 0 Å². The molecule has 0 bridgehead atoms. The van der Waals surface area contributed by atoms with Gasteiger partial charge in [-0.15, -0.1) is 0 Å². The molecule has 0 aromatic rings. The van der Waals surface area contributed by atoms with Crippen molar-refractivity contribution in [3.05, 3.63) is 0 Å². The molecule has 1 amide bonds. The summed E-state index contributed by atoms with van der Waals surface area (Å²) in [6.45, 7) is 14.8. The van der Waals surface area contributed by atoms with Gasteiger partial charge in [-0.05, 0) is 53.4 Å². The lowest BCUT2D eigenvalue weighted by molar-refractivity contribution is -0.0424. The molecule has 0 aromatic carbocycles. The first-order valence-corrected chi connectivity index (χ1v) is 8.45. The summed E-state index contributed by atoms with van der Waals surface area (Å²) in [7, 11) is 0. The molecular formula is C17H34N2O3. The Kier molecular flexibility index (Phi) is 7.13. The number of ether oxygens (including phenoxy) is 2. The van der Waals surface area contributed by atoms with Crippen LogP contribution in [0.2, 0.25) is 0 Å². The van der Waals surface area contributed by atoms with E-state index < -0.39 is 5.60 Å². The van der Waals surface area contributed by atoms with Crippen molar-refractivity contribution in [2.45, 2.75) is 91.2 Å². The average Bonchev–Trinajstić information content (AvgIpc) is 2.30. The maximum Gasteiger partial charge on any atom is 0.407 e. The molecule has 0 aromatic heterocycles. The number of nitrogens with one attached hydrogen (secondary N) is 2. The van der Waals surface area contributed by atoms with Gasteiger partial charge in [-0.2, -0.15) is 0 Å². The average molecular weight is 314 g/mol. The Morgan fingerprint density at radius 1 is 1.23 bits per heavy atom. The SMILES string of the molecule is CC1CC(NCC(NC(=O)OC(C)(C)C)C(C)C)CC(C)O1. The van der Waals surface area contributed by atoms with E-state index in [1.165, 1.54) is 0 Å². The maximum absolute atomic E-state index is 11.9. The lowest BCUT2D eigenvalue weighted by atomic mass is 9.98. The van der Waals surface area contributed by atoms with Crippen molar-refractivity contribution in [3.8, 4) is 0 Å². The van der Waals surface area contributed by atoms with Gasteiger partial charge in [0.1, 0.15) is 5.60 Å². The van der Waals surface area contributed by atoms with E-state index in [0.29, 0.717) is 12.0 Å². The third-order valence-electron chi connectivity index (χ3n) is 3.83. The van der Waals surface area contributed by atoms with Crippen molar-refractivity contribution in [1.82, 2.24) is 10.6 Å². The fourth-order valence-electron chi connectivity index (χ4n) is 2.78. The predicted octanol–water partition coefficient (Wildman–Crippen LogP) is 3.08. The second-order valence-corrected chi connectivity index (χ2v) is 7.83. The molecule has 2 N–H and O–H groups in total. The molecule has 5 nitrogen and oxygen atoms in total. The third-order valence-corrected chi connectivity index (χ3v) is 3.83. The fraction of sp³-hybridized carbons (Fsp3) is 0.941. The summed E-state index contributed by atoms with van der Waals surface area (Å²) in [5.74, 6) is 0.342. The van der Waals surface area contributed by atoms with Gasteiger partial charge in [0.05, 0.1) is 12.2 Å². The molecule has 22 heavy (non-hydrogen) atoms. The molecule has 5 heteroatoms. The molecule has 3 atom stereocenters. The lowest BCUT2D eigenvalue weighted by Crippen LogP contribution is -2.50. The molecule has 130 valence electrons. The van der Waals surface area contributed by atoms with E-state index in [9.17, 15) is 4.79 Å². The molecule has 1 fully saturated rings. The number of carbonyl (C=O) groups excluding carboxylic acids is 1. The summed E-state index contributed by atoms with van der Waals surface area (Å²) in [6.07, 6.45) is 2.26. The Labute approximate surface area is 135 Å². The molecule has 0 radical (unpaired) electrons. The Morgan fingerprint density at radius 3 is 2.23 bits per heavy atom. The highest BCUT2D eigenvalue weighted by molar-refractivity contribution is 5.68. The first kappa shape index (κ1) is 19.2. The van der Waals surface area contributed by atoms with Crippen LogP contribution in [-0.2, 0) is 9.47 Å². The summed E-state index contributed by atoms with van der Waals surface area (Å²) in [5, 5.41) is 6.56. The molecule has 1 saturated heterocycles. The Morgan fingerprint density at radius 2 is 1.77 bits per heavy atom. The van der Waals surface area contributed by atoms with Gasteiger partial charge in [-0.1, -0.05) is 13.8 Å². The summed E-state index contributed by atoms with van der Waals surface area (Å²) >= 11 is 0. The number of hydrogen-bond donors (Lipinski definition) is 2. The van der Waals surface area contributed by atoms with Crippen LogP contribution in [0.25, 0.3) is 0 Å². The van der Waals surface area contributed by atoms with Crippen molar-refractivity contribution < 1.29 is 14.3 Å². The van der Waals surface area contributed by atoms with Crippen LogP contribution < -0.4 is 10.6 Å². The summed E-state index contributed by atoms with van der Waals surface area (Å²) < 4.78 is 11.1. The molecule has 0 saturated carbocycles. The van der Waals surface area contributed by atoms with Crippen LogP contribution in [-0.4, -0.2) is 42.5 Å². The standard InChI is InChI=1S/C17H34N2O3/c1-11(2)15(19-16(20)22-17(5,6)7)10-18-14-8-12(3)21-13(4)9-14/h11-15,18H,8-10H2,1-7H3,(H,19,20). The van der Waals surface area contributed by atoms with Crippen molar-refractivity contribution >= 4 is 6.09 Å². The first-order valence-electron chi connectivity index (χ1n) is 8.45. The van der Waals surface area contributed by atoms with Crippen LogP contribution in [0, 0.1) is 5.92 Å². The Balaban J connectivity index is 2.45. The zero-order chi connectivity index (χ0) is 16.9. The largest absolute Gasteiger partial charge is 0.444 e. The molecule has 1 rings (SSSR count). The quantitative estimate of drug-likeness (QED) is 0.819. The zero-order valence-electron chi connectivity index (χ0n) is 15.2. The van der Waals surface area contributed by atoms with Gasteiger partial charge >= 0.3 is 6.09 Å². The van der Waals surface area contributed by atoms with Gasteiger partial charge in [0.2, 0.25) is 0 Å².